The third kappa shape index (κ3) is 3.51. The Morgan fingerprint density at radius 2 is 1.33 bits per heavy atom. The number of alkyl halides is 7. The predicted octanol–water partition coefficient (Wildman–Crippen LogP) is 3.50. The lowest BCUT2D eigenvalue weighted by Gasteiger charge is -2.25. The van der Waals surface area contributed by atoms with Crippen molar-refractivity contribution in [2.45, 2.75) is 30.6 Å². The standard InChI is InChI=1S/C5H5ClF6/c1-3(7,5(6,11)12)2-4(8,9)10/h2H2,1H3. The lowest BCUT2D eigenvalue weighted by Crippen LogP contribution is -2.40. The lowest BCUT2D eigenvalue weighted by atomic mass is 10.1. The molecule has 0 spiro atoms. The van der Waals surface area contributed by atoms with Crippen LogP contribution in [-0.2, 0) is 0 Å². The highest BCUT2D eigenvalue weighted by atomic mass is 35.5. The van der Waals surface area contributed by atoms with Crippen LogP contribution in [0.4, 0.5) is 26.3 Å². The minimum Gasteiger partial charge on any atom is -0.236 e. The van der Waals surface area contributed by atoms with Crippen LogP contribution in [0, 0.1) is 0 Å². The van der Waals surface area contributed by atoms with Crippen molar-refractivity contribution < 1.29 is 26.3 Å². The summed E-state index contributed by atoms with van der Waals surface area (Å²) >= 11 is 4.12. The summed E-state index contributed by atoms with van der Waals surface area (Å²) in [5.41, 5.74) is -3.77. The highest BCUT2D eigenvalue weighted by molar-refractivity contribution is 6.22. The largest absolute Gasteiger partial charge is 0.392 e. The molecule has 0 amide bonds. The molecule has 1 unspecified atom stereocenters. The molecule has 0 aliphatic heterocycles. The van der Waals surface area contributed by atoms with Gasteiger partial charge in [0, 0.05) is 0 Å². The Labute approximate surface area is 69.5 Å². The molecule has 74 valence electrons. The van der Waals surface area contributed by atoms with Gasteiger partial charge in [0.25, 0.3) is 0 Å². The zero-order chi connectivity index (χ0) is 10.2. The molecule has 0 saturated heterocycles. The Morgan fingerprint density at radius 3 is 1.42 bits per heavy atom. The molecular formula is C5H5ClF6. The van der Waals surface area contributed by atoms with Gasteiger partial charge < -0.3 is 0 Å². The zero-order valence-electron chi connectivity index (χ0n) is 5.85. The van der Waals surface area contributed by atoms with E-state index in [2.05, 4.69) is 11.6 Å². The van der Waals surface area contributed by atoms with E-state index in [1.807, 2.05) is 0 Å². The second-order valence-corrected chi connectivity index (χ2v) is 2.96. The van der Waals surface area contributed by atoms with Gasteiger partial charge in [0.1, 0.15) is 0 Å². The summed E-state index contributed by atoms with van der Waals surface area (Å²) in [6.45, 7) is 0.105. The molecule has 0 heterocycles. The molecular weight excluding hydrogens is 209 g/mol. The first kappa shape index (κ1) is 11.9. The van der Waals surface area contributed by atoms with E-state index in [4.69, 9.17) is 0 Å². The predicted molar refractivity (Wildman–Crippen MR) is 31.0 cm³/mol. The van der Waals surface area contributed by atoms with E-state index in [0.717, 1.165) is 0 Å². The third-order valence-corrected chi connectivity index (χ3v) is 1.52. The molecule has 0 aromatic carbocycles. The van der Waals surface area contributed by atoms with Crippen LogP contribution in [0.3, 0.4) is 0 Å². The molecule has 0 saturated carbocycles. The second kappa shape index (κ2) is 2.97. The molecule has 0 aliphatic rings. The maximum Gasteiger partial charge on any atom is 0.392 e. The SMILES string of the molecule is CC(F)(CC(F)(F)F)C(F)(F)Cl. The van der Waals surface area contributed by atoms with Crippen molar-refractivity contribution in [3.05, 3.63) is 0 Å². The molecule has 0 aliphatic carbocycles. The summed E-state index contributed by atoms with van der Waals surface area (Å²) in [4.78, 5) is 0. The molecule has 12 heavy (non-hydrogen) atoms. The van der Waals surface area contributed by atoms with Crippen LogP contribution in [-0.4, -0.2) is 17.2 Å². The fourth-order valence-electron chi connectivity index (χ4n) is 0.477. The quantitative estimate of drug-likeness (QED) is 0.488. The summed E-state index contributed by atoms with van der Waals surface area (Å²) in [6.07, 6.45) is -7.27. The van der Waals surface area contributed by atoms with Crippen molar-refractivity contribution in [2.75, 3.05) is 0 Å². The molecule has 0 fully saturated rings. The van der Waals surface area contributed by atoms with Gasteiger partial charge in [-0.05, 0) is 18.5 Å². The highest BCUT2D eigenvalue weighted by Gasteiger charge is 2.55. The second-order valence-electron chi connectivity index (χ2n) is 2.49. The van der Waals surface area contributed by atoms with E-state index < -0.39 is 23.6 Å². The van der Waals surface area contributed by atoms with E-state index in [0.29, 0.717) is 0 Å². The first-order valence-corrected chi connectivity index (χ1v) is 3.16. The Balaban J connectivity index is 4.44. The maximum absolute atomic E-state index is 12.5. The van der Waals surface area contributed by atoms with Gasteiger partial charge in [0.15, 0.2) is 5.67 Å². The number of rotatable bonds is 2. The van der Waals surface area contributed by atoms with E-state index in [-0.39, 0.29) is 6.92 Å². The van der Waals surface area contributed by atoms with Gasteiger partial charge in [-0.3, -0.25) is 0 Å². The van der Waals surface area contributed by atoms with Crippen molar-refractivity contribution in [1.29, 1.82) is 0 Å². The van der Waals surface area contributed by atoms with Gasteiger partial charge in [0.2, 0.25) is 0 Å². The Bertz CT molecular complexity index is 154. The molecule has 0 aromatic rings. The van der Waals surface area contributed by atoms with Crippen molar-refractivity contribution in [2.24, 2.45) is 0 Å². The summed E-state index contributed by atoms with van der Waals surface area (Å²) < 4.78 is 70.7. The van der Waals surface area contributed by atoms with Crippen LogP contribution in [0.2, 0.25) is 0 Å². The summed E-state index contributed by atoms with van der Waals surface area (Å²) in [6, 6.07) is 0. The summed E-state index contributed by atoms with van der Waals surface area (Å²) in [5.74, 6) is 0. The fourth-order valence-corrected chi connectivity index (χ4v) is 0.543. The molecule has 0 nitrogen and oxygen atoms in total. The van der Waals surface area contributed by atoms with Crippen molar-refractivity contribution in [3.8, 4) is 0 Å². The highest BCUT2D eigenvalue weighted by Crippen LogP contribution is 2.42. The van der Waals surface area contributed by atoms with Crippen molar-refractivity contribution in [3.63, 3.8) is 0 Å². The molecule has 0 aromatic heterocycles. The molecule has 0 N–H and O–H groups in total. The maximum atomic E-state index is 12.5. The van der Waals surface area contributed by atoms with Crippen LogP contribution in [0.25, 0.3) is 0 Å². The topological polar surface area (TPSA) is 0 Å². The smallest absolute Gasteiger partial charge is 0.236 e. The first-order valence-electron chi connectivity index (χ1n) is 2.78. The van der Waals surface area contributed by atoms with Gasteiger partial charge in [-0.1, -0.05) is 0 Å². The molecule has 7 heteroatoms. The minimum atomic E-state index is -5.00. The van der Waals surface area contributed by atoms with Crippen LogP contribution in [0.1, 0.15) is 13.3 Å². The summed E-state index contributed by atoms with van der Waals surface area (Å²) in [5, 5.41) is -4.51. The van der Waals surface area contributed by atoms with E-state index in [1.54, 1.807) is 0 Å². The lowest BCUT2D eigenvalue weighted by molar-refractivity contribution is -0.188. The van der Waals surface area contributed by atoms with Crippen molar-refractivity contribution in [1.82, 2.24) is 0 Å². The van der Waals surface area contributed by atoms with Crippen LogP contribution < -0.4 is 0 Å². The average molecular weight is 215 g/mol. The number of halogens is 7. The van der Waals surface area contributed by atoms with E-state index in [9.17, 15) is 26.3 Å². The van der Waals surface area contributed by atoms with Gasteiger partial charge in [-0.25, -0.2) is 4.39 Å². The normalized spacial score (nSPS) is 19.0. The third-order valence-electron chi connectivity index (χ3n) is 1.12. The minimum absolute atomic E-state index is 0.105. The van der Waals surface area contributed by atoms with Gasteiger partial charge in [-0.15, -0.1) is 0 Å². The van der Waals surface area contributed by atoms with E-state index in [1.165, 1.54) is 0 Å². The Morgan fingerprint density at radius 1 is 1.00 bits per heavy atom. The average Bonchev–Trinajstić information content (AvgIpc) is 1.52. The summed E-state index contributed by atoms with van der Waals surface area (Å²) in [7, 11) is 0. The Kier molecular flexibility index (Phi) is 2.94. The molecule has 0 radical (unpaired) electrons. The number of hydrogen-bond donors (Lipinski definition) is 0. The van der Waals surface area contributed by atoms with E-state index >= 15 is 0 Å². The zero-order valence-corrected chi connectivity index (χ0v) is 6.61. The number of hydrogen-bond acceptors (Lipinski definition) is 0. The molecule has 1 atom stereocenters. The molecule has 0 bridgehead atoms. The first-order chi connectivity index (χ1) is 4.96. The van der Waals surface area contributed by atoms with Crippen LogP contribution in [0.5, 0.6) is 0 Å². The fraction of sp³-hybridized carbons (Fsp3) is 1.00. The van der Waals surface area contributed by atoms with Crippen LogP contribution in [0.15, 0.2) is 0 Å². The Hall–Kier alpha value is -0.130. The van der Waals surface area contributed by atoms with Gasteiger partial charge >= 0.3 is 11.6 Å². The monoisotopic (exact) mass is 214 g/mol. The van der Waals surface area contributed by atoms with Crippen molar-refractivity contribution >= 4 is 11.6 Å². The van der Waals surface area contributed by atoms with Crippen LogP contribution >= 0.6 is 11.6 Å². The van der Waals surface area contributed by atoms with Gasteiger partial charge in [0.05, 0.1) is 6.42 Å². The van der Waals surface area contributed by atoms with Gasteiger partial charge in [-0.2, -0.15) is 22.0 Å². The molecule has 0 rings (SSSR count).